The number of amides is 1. The van der Waals surface area contributed by atoms with E-state index in [4.69, 9.17) is 5.11 Å². The highest BCUT2D eigenvalue weighted by Crippen LogP contribution is 2.20. The molecule has 106 valence electrons. The molecule has 0 aromatic heterocycles. The second-order valence-electron chi connectivity index (χ2n) is 5.52. The molecule has 1 N–H and O–H groups in total. The van der Waals surface area contributed by atoms with Crippen LogP contribution in [0.2, 0.25) is 0 Å². The van der Waals surface area contributed by atoms with Crippen LogP contribution in [0.3, 0.4) is 0 Å². The van der Waals surface area contributed by atoms with Crippen LogP contribution in [0.15, 0.2) is 0 Å². The Hall–Kier alpha value is -0.570. The summed E-state index contributed by atoms with van der Waals surface area (Å²) in [4.78, 5) is 14.1. The first-order valence-electron chi connectivity index (χ1n) is 7.66. The zero-order valence-electron chi connectivity index (χ0n) is 11.9. The highest BCUT2D eigenvalue weighted by molar-refractivity contribution is 5.76. The zero-order chi connectivity index (χ0) is 13.2. The molecule has 0 aromatic rings. The molecule has 1 atom stereocenters. The molecule has 0 spiro atoms. The fourth-order valence-corrected chi connectivity index (χ4v) is 2.75. The molecule has 0 bridgehead atoms. The normalized spacial score (nSPS) is 20.1. The van der Waals surface area contributed by atoms with Gasteiger partial charge in [-0.2, -0.15) is 0 Å². The monoisotopic (exact) mass is 255 g/mol. The van der Waals surface area contributed by atoms with Crippen LogP contribution in [-0.4, -0.2) is 35.6 Å². The maximum atomic E-state index is 12.0. The number of aliphatic hydroxyl groups is 1. The maximum Gasteiger partial charge on any atom is 0.222 e. The van der Waals surface area contributed by atoms with Crippen molar-refractivity contribution in [2.24, 2.45) is 5.92 Å². The van der Waals surface area contributed by atoms with Gasteiger partial charge in [0.25, 0.3) is 0 Å². The number of nitrogens with zero attached hydrogens (tertiary/aromatic N) is 1. The molecular weight excluding hydrogens is 226 g/mol. The zero-order valence-corrected chi connectivity index (χ0v) is 11.9. The van der Waals surface area contributed by atoms with Gasteiger partial charge in [-0.25, -0.2) is 0 Å². The van der Waals surface area contributed by atoms with Gasteiger partial charge in [0.1, 0.15) is 0 Å². The Labute approximate surface area is 112 Å². The van der Waals surface area contributed by atoms with E-state index >= 15 is 0 Å². The molecule has 0 saturated carbocycles. The molecule has 0 aromatic carbocycles. The molecule has 1 heterocycles. The lowest BCUT2D eigenvalue weighted by molar-refractivity contribution is -0.133. The third-order valence-corrected chi connectivity index (χ3v) is 3.90. The van der Waals surface area contributed by atoms with Crippen LogP contribution < -0.4 is 0 Å². The van der Waals surface area contributed by atoms with Crippen molar-refractivity contribution in [3.05, 3.63) is 0 Å². The number of rotatable bonds is 8. The first-order valence-corrected chi connectivity index (χ1v) is 7.66. The summed E-state index contributed by atoms with van der Waals surface area (Å²) in [5.74, 6) is 0.849. The van der Waals surface area contributed by atoms with Crippen molar-refractivity contribution < 1.29 is 9.90 Å². The summed E-state index contributed by atoms with van der Waals surface area (Å²) < 4.78 is 0. The Bertz CT molecular complexity index is 229. The van der Waals surface area contributed by atoms with Crippen molar-refractivity contribution in [3.63, 3.8) is 0 Å². The van der Waals surface area contributed by atoms with Crippen molar-refractivity contribution in [1.29, 1.82) is 0 Å². The Morgan fingerprint density at radius 3 is 2.78 bits per heavy atom. The van der Waals surface area contributed by atoms with Gasteiger partial charge in [0.15, 0.2) is 0 Å². The van der Waals surface area contributed by atoms with E-state index in [2.05, 4.69) is 6.92 Å². The summed E-state index contributed by atoms with van der Waals surface area (Å²) in [5.41, 5.74) is 0. The van der Waals surface area contributed by atoms with E-state index in [0.29, 0.717) is 11.8 Å². The van der Waals surface area contributed by atoms with Gasteiger partial charge < -0.3 is 10.0 Å². The highest BCUT2D eigenvalue weighted by atomic mass is 16.3. The lowest BCUT2D eigenvalue weighted by Crippen LogP contribution is -2.40. The molecule has 3 nitrogen and oxygen atoms in total. The van der Waals surface area contributed by atoms with E-state index in [-0.39, 0.29) is 6.61 Å². The highest BCUT2D eigenvalue weighted by Gasteiger charge is 2.22. The summed E-state index contributed by atoms with van der Waals surface area (Å²) in [7, 11) is 0. The van der Waals surface area contributed by atoms with Crippen LogP contribution in [0, 0.1) is 5.92 Å². The Balaban J connectivity index is 2.16. The van der Waals surface area contributed by atoms with Gasteiger partial charge >= 0.3 is 0 Å². The van der Waals surface area contributed by atoms with Gasteiger partial charge in [-0.3, -0.25) is 4.79 Å². The number of piperidine rings is 1. The lowest BCUT2D eigenvalue weighted by Gasteiger charge is -2.32. The van der Waals surface area contributed by atoms with Crippen LogP contribution in [0.5, 0.6) is 0 Å². The molecule has 3 heteroatoms. The molecule has 1 unspecified atom stereocenters. The van der Waals surface area contributed by atoms with Crippen molar-refractivity contribution in [3.8, 4) is 0 Å². The third kappa shape index (κ3) is 5.85. The van der Waals surface area contributed by atoms with Crippen LogP contribution in [0.25, 0.3) is 0 Å². The summed E-state index contributed by atoms with van der Waals surface area (Å²) in [5, 5.41) is 8.96. The largest absolute Gasteiger partial charge is 0.396 e. The number of carbonyl (C=O) groups is 1. The molecular formula is C15H29NO2. The standard InChI is InChI=1S/C15H29NO2/c1-2-3-4-5-6-9-15(18)16-11-7-8-14(13-16)10-12-17/h14,17H,2-13H2,1H3. The molecule has 0 aliphatic carbocycles. The quantitative estimate of drug-likeness (QED) is 0.677. The van der Waals surface area contributed by atoms with Crippen LogP contribution >= 0.6 is 0 Å². The molecule has 1 aliphatic rings. The number of likely N-dealkylation sites (tertiary alicyclic amines) is 1. The van der Waals surface area contributed by atoms with Crippen molar-refractivity contribution in [2.75, 3.05) is 19.7 Å². The van der Waals surface area contributed by atoms with E-state index in [9.17, 15) is 4.79 Å². The minimum Gasteiger partial charge on any atom is -0.396 e. The smallest absolute Gasteiger partial charge is 0.222 e. The molecule has 1 fully saturated rings. The fraction of sp³-hybridized carbons (Fsp3) is 0.933. The molecule has 1 aliphatic heterocycles. The SMILES string of the molecule is CCCCCCCC(=O)N1CCCC(CCO)C1. The molecule has 18 heavy (non-hydrogen) atoms. The topological polar surface area (TPSA) is 40.5 Å². The van der Waals surface area contributed by atoms with E-state index in [1.807, 2.05) is 4.90 Å². The predicted octanol–water partition coefficient (Wildman–Crippen LogP) is 2.97. The first-order chi connectivity index (χ1) is 8.77. The number of hydrogen-bond acceptors (Lipinski definition) is 2. The predicted molar refractivity (Wildman–Crippen MR) is 74.4 cm³/mol. The van der Waals surface area contributed by atoms with Gasteiger partial charge in [-0.1, -0.05) is 32.6 Å². The number of unbranched alkanes of at least 4 members (excludes halogenated alkanes) is 4. The van der Waals surface area contributed by atoms with Gasteiger partial charge in [-0.05, 0) is 31.6 Å². The lowest BCUT2D eigenvalue weighted by atomic mass is 9.95. The average molecular weight is 255 g/mol. The Morgan fingerprint density at radius 1 is 1.28 bits per heavy atom. The molecule has 1 amide bonds. The third-order valence-electron chi connectivity index (χ3n) is 3.90. The van der Waals surface area contributed by atoms with E-state index in [1.54, 1.807) is 0 Å². The molecule has 0 radical (unpaired) electrons. The fourth-order valence-electron chi connectivity index (χ4n) is 2.75. The van der Waals surface area contributed by atoms with Crippen molar-refractivity contribution >= 4 is 5.91 Å². The van der Waals surface area contributed by atoms with Gasteiger partial charge in [0.05, 0.1) is 0 Å². The summed E-state index contributed by atoms with van der Waals surface area (Å²) >= 11 is 0. The van der Waals surface area contributed by atoms with Gasteiger partial charge in [0, 0.05) is 26.1 Å². The van der Waals surface area contributed by atoms with Crippen LogP contribution in [0.1, 0.15) is 64.7 Å². The van der Waals surface area contributed by atoms with Crippen LogP contribution in [-0.2, 0) is 4.79 Å². The Kier molecular flexibility index (Phi) is 8.06. The first kappa shape index (κ1) is 15.5. The molecule has 1 saturated heterocycles. The summed E-state index contributed by atoms with van der Waals surface area (Å²) in [6.07, 6.45) is 9.87. The van der Waals surface area contributed by atoms with Gasteiger partial charge in [0.2, 0.25) is 5.91 Å². The minimum atomic E-state index is 0.254. The second-order valence-corrected chi connectivity index (χ2v) is 5.52. The Morgan fingerprint density at radius 2 is 2.06 bits per heavy atom. The van der Waals surface area contributed by atoms with Crippen molar-refractivity contribution in [1.82, 2.24) is 4.90 Å². The number of carbonyl (C=O) groups excluding carboxylic acids is 1. The second kappa shape index (κ2) is 9.37. The number of aliphatic hydroxyl groups excluding tert-OH is 1. The minimum absolute atomic E-state index is 0.254. The van der Waals surface area contributed by atoms with E-state index in [1.165, 1.54) is 32.1 Å². The summed E-state index contributed by atoms with van der Waals surface area (Å²) in [6, 6.07) is 0. The van der Waals surface area contributed by atoms with Crippen molar-refractivity contribution in [2.45, 2.75) is 64.7 Å². The number of hydrogen-bond donors (Lipinski definition) is 1. The van der Waals surface area contributed by atoms with E-state index < -0.39 is 0 Å². The van der Waals surface area contributed by atoms with Gasteiger partial charge in [-0.15, -0.1) is 0 Å². The van der Waals surface area contributed by atoms with E-state index in [0.717, 1.165) is 38.8 Å². The van der Waals surface area contributed by atoms with Crippen LogP contribution in [0.4, 0.5) is 0 Å². The summed E-state index contributed by atoms with van der Waals surface area (Å²) in [6.45, 7) is 4.26. The average Bonchev–Trinajstić information content (AvgIpc) is 2.39. The molecule has 1 rings (SSSR count). The maximum absolute atomic E-state index is 12.0.